The van der Waals surface area contributed by atoms with Gasteiger partial charge in [0, 0.05) is 29.4 Å². The molecule has 0 aromatic heterocycles. The Hall–Kier alpha value is -2.37. The van der Waals surface area contributed by atoms with Crippen LogP contribution in [0.15, 0.2) is 78.9 Å². The van der Waals surface area contributed by atoms with E-state index in [1.54, 1.807) is 0 Å². The maximum atomic E-state index is 6.70. The second-order valence-corrected chi connectivity index (χ2v) is 7.27. The van der Waals surface area contributed by atoms with Gasteiger partial charge >= 0.3 is 0 Å². The fourth-order valence-electron chi connectivity index (χ4n) is 3.63. The van der Waals surface area contributed by atoms with Crippen LogP contribution in [0.2, 0.25) is 5.02 Å². The molecule has 0 bridgehead atoms. The Morgan fingerprint density at radius 1 is 0.778 bits per heavy atom. The predicted molar refractivity (Wildman–Crippen MR) is 111 cm³/mol. The van der Waals surface area contributed by atoms with Crippen LogP contribution < -0.4 is 16.4 Å². The number of benzene rings is 3. The molecule has 4 nitrogen and oxygen atoms in total. The van der Waals surface area contributed by atoms with E-state index in [9.17, 15) is 0 Å². The third-order valence-corrected chi connectivity index (χ3v) is 5.28. The highest BCUT2D eigenvalue weighted by molar-refractivity contribution is 6.30. The molecule has 1 heterocycles. The van der Waals surface area contributed by atoms with Crippen molar-refractivity contribution in [3.63, 3.8) is 0 Å². The average molecular weight is 379 g/mol. The minimum absolute atomic E-state index is 0.292. The van der Waals surface area contributed by atoms with Crippen molar-refractivity contribution >= 4 is 17.3 Å². The second kappa shape index (κ2) is 7.71. The molecule has 4 rings (SSSR count). The number of halogens is 1. The number of hydrogen-bond acceptors (Lipinski definition) is 4. The molecule has 0 spiro atoms. The fourth-order valence-corrected chi connectivity index (χ4v) is 3.79. The lowest BCUT2D eigenvalue weighted by atomic mass is 10.0. The Kier molecular flexibility index (Phi) is 5.14. The van der Waals surface area contributed by atoms with E-state index in [4.69, 9.17) is 23.1 Å². The summed E-state index contributed by atoms with van der Waals surface area (Å²) in [6, 6.07) is 26.4. The van der Waals surface area contributed by atoms with Gasteiger partial charge in [-0.05, 0) is 23.3 Å². The van der Waals surface area contributed by atoms with Crippen LogP contribution in [0.4, 0.5) is 5.69 Å². The van der Waals surface area contributed by atoms with Crippen molar-refractivity contribution < 1.29 is 0 Å². The van der Waals surface area contributed by atoms with E-state index in [0.717, 1.165) is 11.3 Å². The first kappa shape index (κ1) is 18.0. The highest BCUT2D eigenvalue weighted by Gasteiger charge is 2.35. The molecule has 1 aliphatic heterocycles. The minimum Gasteiger partial charge on any atom is -0.339 e. The molecular weight excluding hydrogens is 356 g/mol. The molecule has 4 N–H and O–H groups in total. The van der Waals surface area contributed by atoms with Gasteiger partial charge in [-0.15, -0.1) is 0 Å². The maximum absolute atomic E-state index is 6.70. The molecule has 3 aromatic rings. The van der Waals surface area contributed by atoms with Gasteiger partial charge in [0.15, 0.2) is 0 Å². The Bertz CT molecular complexity index is 901. The van der Waals surface area contributed by atoms with Gasteiger partial charge in [-0.2, -0.15) is 0 Å². The molecule has 138 valence electrons. The summed E-state index contributed by atoms with van der Waals surface area (Å²) in [5.41, 5.74) is 17.7. The van der Waals surface area contributed by atoms with E-state index >= 15 is 0 Å². The maximum Gasteiger partial charge on any atom is 0.136 e. The largest absolute Gasteiger partial charge is 0.339 e. The van der Waals surface area contributed by atoms with Crippen LogP contribution in [0.25, 0.3) is 0 Å². The molecule has 0 radical (unpaired) electrons. The van der Waals surface area contributed by atoms with Crippen molar-refractivity contribution in [3.8, 4) is 0 Å². The van der Waals surface area contributed by atoms with E-state index < -0.39 is 0 Å². The van der Waals surface area contributed by atoms with Crippen LogP contribution in [0.1, 0.15) is 22.9 Å². The summed E-state index contributed by atoms with van der Waals surface area (Å²) < 4.78 is 0. The van der Waals surface area contributed by atoms with E-state index in [1.165, 1.54) is 11.1 Å². The molecule has 0 saturated heterocycles. The first-order valence-corrected chi connectivity index (χ1v) is 9.42. The number of nitrogens with zero attached hydrogens (tertiary/aromatic N) is 2. The van der Waals surface area contributed by atoms with Gasteiger partial charge < -0.3 is 10.6 Å². The van der Waals surface area contributed by atoms with E-state index in [-0.39, 0.29) is 12.5 Å². The van der Waals surface area contributed by atoms with Gasteiger partial charge in [-0.3, -0.25) is 5.73 Å². The Morgan fingerprint density at radius 3 is 2.00 bits per heavy atom. The zero-order valence-corrected chi connectivity index (χ0v) is 15.8. The van der Waals surface area contributed by atoms with Gasteiger partial charge in [0.25, 0.3) is 0 Å². The number of hydrogen-bond donors (Lipinski definition) is 2. The monoisotopic (exact) mass is 378 g/mol. The van der Waals surface area contributed by atoms with Crippen LogP contribution in [0.3, 0.4) is 0 Å². The summed E-state index contributed by atoms with van der Waals surface area (Å²) in [5, 5.41) is 0.683. The number of anilines is 1. The van der Waals surface area contributed by atoms with Crippen molar-refractivity contribution in [2.45, 2.75) is 25.5 Å². The topological polar surface area (TPSA) is 58.5 Å². The van der Waals surface area contributed by atoms with Gasteiger partial charge in [0.05, 0.1) is 6.17 Å². The third-order valence-electron chi connectivity index (χ3n) is 5.04. The van der Waals surface area contributed by atoms with Crippen molar-refractivity contribution in [2.24, 2.45) is 11.5 Å². The first-order chi connectivity index (χ1) is 13.1. The number of fused-ring (bicyclic) bond motifs is 1. The minimum atomic E-state index is -0.355. The fraction of sp³-hybridized carbons (Fsp3) is 0.182. The molecule has 0 saturated carbocycles. The Balaban J connectivity index is 1.72. The first-order valence-electron chi connectivity index (χ1n) is 9.04. The predicted octanol–water partition coefficient (Wildman–Crippen LogP) is 4.06. The van der Waals surface area contributed by atoms with E-state index in [2.05, 4.69) is 34.1 Å². The quantitative estimate of drug-likeness (QED) is 0.718. The summed E-state index contributed by atoms with van der Waals surface area (Å²) >= 11 is 6.28. The van der Waals surface area contributed by atoms with Crippen LogP contribution in [0.5, 0.6) is 0 Å². The van der Waals surface area contributed by atoms with Crippen molar-refractivity contribution in [1.82, 2.24) is 4.90 Å². The normalized spacial score (nSPS) is 19.7. The SMILES string of the molecule is NC1c2ccc(Cl)cc2N(Cc2ccccc2)C(N)N1Cc1ccccc1. The lowest BCUT2D eigenvalue weighted by Gasteiger charge is -2.47. The Morgan fingerprint density at radius 2 is 1.37 bits per heavy atom. The molecule has 1 aliphatic rings. The molecule has 0 aliphatic carbocycles. The van der Waals surface area contributed by atoms with Gasteiger partial charge in [0.1, 0.15) is 6.29 Å². The molecular formula is C22H23ClN4. The Labute approximate surface area is 165 Å². The highest BCUT2D eigenvalue weighted by Crippen LogP contribution is 2.38. The van der Waals surface area contributed by atoms with Crippen molar-refractivity contribution in [2.75, 3.05) is 4.90 Å². The summed E-state index contributed by atoms with van der Waals surface area (Å²) in [4.78, 5) is 4.29. The van der Waals surface area contributed by atoms with E-state index in [1.807, 2.05) is 54.6 Å². The van der Waals surface area contributed by atoms with Gasteiger partial charge in [-0.1, -0.05) is 78.3 Å². The second-order valence-electron chi connectivity index (χ2n) is 6.83. The zero-order chi connectivity index (χ0) is 18.8. The van der Waals surface area contributed by atoms with E-state index in [0.29, 0.717) is 18.1 Å². The van der Waals surface area contributed by atoms with Crippen LogP contribution in [0, 0.1) is 0 Å². The standard InChI is InChI=1S/C22H23ClN4/c23-18-11-12-19-20(13-18)26(14-16-7-3-1-4-8-16)22(25)27(21(19)24)15-17-9-5-2-6-10-17/h1-13,21-22H,14-15,24-25H2. The molecule has 3 aromatic carbocycles. The van der Waals surface area contributed by atoms with Crippen molar-refractivity contribution in [3.05, 3.63) is 101 Å². The molecule has 27 heavy (non-hydrogen) atoms. The van der Waals surface area contributed by atoms with Crippen molar-refractivity contribution in [1.29, 1.82) is 0 Å². The van der Waals surface area contributed by atoms with Crippen LogP contribution >= 0.6 is 11.6 Å². The lowest BCUT2D eigenvalue weighted by Crippen LogP contribution is -2.59. The molecule has 0 amide bonds. The number of nitrogens with two attached hydrogens (primary N) is 2. The van der Waals surface area contributed by atoms with Gasteiger partial charge in [0.2, 0.25) is 0 Å². The van der Waals surface area contributed by atoms with Gasteiger partial charge in [-0.25, -0.2) is 4.90 Å². The summed E-state index contributed by atoms with van der Waals surface area (Å²) in [6.45, 7) is 1.36. The smallest absolute Gasteiger partial charge is 0.136 e. The zero-order valence-electron chi connectivity index (χ0n) is 15.0. The van der Waals surface area contributed by atoms with Crippen LogP contribution in [-0.4, -0.2) is 11.2 Å². The molecule has 2 unspecified atom stereocenters. The summed E-state index contributed by atoms with van der Waals surface area (Å²) in [6.07, 6.45) is -0.647. The summed E-state index contributed by atoms with van der Waals surface area (Å²) in [5.74, 6) is 0. The molecule has 0 fully saturated rings. The average Bonchev–Trinajstić information content (AvgIpc) is 2.70. The molecule has 2 atom stereocenters. The summed E-state index contributed by atoms with van der Waals surface area (Å²) in [7, 11) is 0. The van der Waals surface area contributed by atoms with Crippen LogP contribution in [-0.2, 0) is 13.1 Å². The lowest BCUT2D eigenvalue weighted by molar-refractivity contribution is 0.112. The number of rotatable bonds is 4. The molecule has 5 heteroatoms. The highest BCUT2D eigenvalue weighted by atomic mass is 35.5. The third kappa shape index (κ3) is 3.70.